The monoisotopic (exact) mass is 205 g/mol. The average molecular weight is 205 g/mol. The van der Waals surface area contributed by atoms with E-state index in [0.29, 0.717) is 0 Å². The van der Waals surface area contributed by atoms with Gasteiger partial charge in [-0.25, -0.2) is 0 Å². The maximum atomic E-state index is 8.71. The van der Waals surface area contributed by atoms with Gasteiger partial charge in [0.15, 0.2) is 0 Å². The molecule has 2 atom stereocenters. The Labute approximate surface area is 90.0 Å². The summed E-state index contributed by atoms with van der Waals surface area (Å²) in [5.74, 6) is 0. The minimum absolute atomic E-state index is 0.0207. The van der Waals surface area contributed by atoms with Gasteiger partial charge in [0.1, 0.15) is 17.9 Å². The maximum Gasteiger partial charge on any atom is 0.140 e. The number of oxime groups is 1. The third-order valence-corrected chi connectivity index (χ3v) is 3.51. The van der Waals surface area contributed by atoms with Crippen molar-refractivity contribution in [2.24, 2.45) is 5.16 Å². The summed E-state index contributed by atoms with van der Waals surface area (Å²) < 4.78 is 0. The van der Waals surface area contributed by atoms with Crippen molar-refractivity contribution in [2.45, 2.75) is 25.3 Å². The number of nitrogens with one attached hydrogen (secondary N) is 1. The van der Waals surface area contributed by atoms with Gasteiger partial charge in [-0.3, -0.25) is 4.90 Å². The van der Waals surface area contributed by atoms with Gasteiger partial charge in [-0.05, 0) is 19.9 Å². The van der Waals surface area contributed by atoms with Crippen LogP contribution in [0.2, 0.25) is 0 Å². The molecule has 2 N–H and O–H groups in total. The third-order valence-electron chi connectivity index (χ3n) is 3.51. The number of para-hydroxylation sites is 1. The van der Waals surface area contributed by atoms with Gasteiger partial charge in [0, 0.05) is 5.56 Å². The summed E-state index contributed by atoms with van der Waals surface area (Å²) in [6.07, 6.45) is 1.63. The summed E-state index contributed by atoms with van der Waals surface area (Å²) >= 11 is 0. The molecule has 0 saturated carbocycles. The van der Waals surface area contributed by atoms with E-state index < -0.39 is 0 Å². The van der Waals surface area contributed by atoms with Crippen LogP contribution in [-0.4, -0.2) is 24.5 Å². The maximum absolute atomic E-state index is 8.71. The number of hydrogen-bond acceptors (Lipinski definition) is 2. The molecule has 3 nitrogen and oxygen atoms in total. The van der Waals surface area contributed by atoms with E-state index in [0.717, 1.165) is 0 Å². The fraction of sp³-hybridized carbons (Fsp3) is 0.417. The fourth-order valence-corrected chi connectivity index (χ4v) is 2.63. The number of quaternary nitrogens is 1. The van der Waals surface area contributed by atoms with Gasteiger partial charge in [0.2, 0.25) is 0 Å². The minimum atomic E-state index is 0.0207. The van der Waals surface area contributed by atoms with Crippen LogP contribution in [0.25, 0.3) is 0 Å². The second-order valence-corrected chi connectivity index (χ2v) is 4.69. The highest BCUT2D eigenvalue weighted by Gasteiger charge is 2.46. The molecule has 80 valence electrons. The van der Waals surface area contributed by atoms with Crippen LogP contribution in [0.1, 0.15) is 19.4 Å². The van der Waals surface area contributed by atoms with E-state index in [9.17, 15) is 0 Å². The van der Waals surface area contributed by atoms with Gasteiger partial charge in [-0.15, -0.1) is 0 Å². The predicted molar refractivity (Wildman–Crippen MR) is 60.1 cm³/mol. The Morgan fingerprint density at radius 3 is 2.67 bits per heavy atom. The molecule has 0 amide bonds. The van der Waals surface area contributed by atoms with Gasteiger partial charge >= 0.3 is 0 Å². The molecular weight excluding hydrogens is 188 g/mol. The van der Waals surface area contributed by atoms with E-state index in [1.807, 2.05) is 0 Å². The first kappa shape index (κ1) is 10.2. The molecular formula is C12H17N2O+. The molecule has 0 aliphatic carbocycles. The summed E-state index contributed by atoms with van der Waals surface area (Å²) in [6.45, 7) is 4.38. The number of benzene rings is 1. The SMILES string of the molecule is C[NH+]1c2ccccc2C(C)(C)C1C=NO. The van der Waals surface area contributed by atoms with Crippen molar-refractivity contribution in [3.63, 3.8) is 0 Å². The predicted octanol–water partition coefficient (Wildman–Crippen LogP) is 0.953. The van der Waals surface area contributed by atoms with Crippen LogP contribution in [0, 0.1) is 0 Å². The Balaban J connectivity index is 2.54. The first-order chi connectivity index (χ1) is 7.09. The lowest BCUT2D eigenvalue weighted by Crippen LogP contribution is -3.08. The summed E-state index contributed by atoms with van der Waals surface area (Å²) in [5, 5.41) is 11.9. The molecule has 1 aliphatic rings. The first-order valence-corrected chi connectivity index (χ1v) is 5.20. The normalized spacial score (nSPS) is 28.2. The molecule has 0 fully saturated rings. The molecule has 1 aliphatic heterocycles. The molecule has 0 aromatic heterocycles. The summed E-state index contributed by atoms with van der Waals surface area (Å²) in [4.78, 5) is 1.29. The van der Waals surface area contributed by atoms with Crippen LogP contribution in [0.3, 0.4) is 0 Å². The molecule has 1 aromatic carbocycles. The Morgan fingerprint density at radius 1 is 1.40 bits per heavy atom. The van der Waals surface area contributed by atoms with Gasteiger partial charge in [-0.2, -0.15) is 0 Å². The summed E-state index contributed by atoms with van der Waals surface area (Å²) in [7, 11) is 2.11. The van der Waals surface area contributed by atoms with Gasteiger partial charge < -0.3 is 5.21 Å². The number of rotatable bonds is 1. The molecule has 15 heavy (non-hydrogen) atoms. The quantitative estimate of drug-likeness (QED) is 0.400. The zero-order valence-corrected chi connectivity index (χ0v) is 9.36. The Hall–Kier alpha value is -1.35. The topological polar surface area (TPSA) is 37.0 Å². The van der Waals surface area contributed by atoms with Crippen LogP contribution in [0.5, 0.6) is 0 Å². The highest BCUT2D eigenvalue weighted by molar-refractivity contribution is 5.69. The Morgan fingerprint density at radius 2 is 2.07 bits per heavy atom. The van der Waals surface area contributed by atoms with Gasteiger partial charge in [-0.1, -0.05) is 23.4 Å². The van der Waals surface area contributed by atoms with Gasteiger partial charge in [0.25, 0.3) is 0 Å². The molecule has 3 heteroatoms. The van der Waals surface area contributed by atoms with Crippen molar-refractivity contribution in [3.05, 3.63) is 29.8 Å². The van der Waals surface area contributed by atoms with Crippen molar-refractivity contribution in [2.75, 3.05) is 7.05 Å². The van der Waals surface area contributed by atoms with E-state index >= 15 is 0 Å². The van der Waals surface area contributed by atoms with E-state index in [-0.39, 0.29) is 11.5 Å². The van der Waals surface area contributed by atoms with E-state index in [2.05, 4.69) is 50.3 Å². The third kappa shape index (κ3) is 1.35. The van der Waals surface area contributed by atoms with Crippen LogP contribution in [-0.2, 0) is 5.41 Å². The summed E-state index contributed by atoms with van der Waals surface area (Å²) in [5.41, 5.74) is 2.66. The number of hydrogen-bond donors (Lipinski definition) is 2. The fourth-order valence-electron chi connectivity index (χ4n) is 2.63. The van der Waals surface area contributed by atoms with Crippen molar-refractivity contribution in [1.29, 1.82) is 0 Å². The lowest BCUT2D eigenvalue weighted by molar-refractivity contribution is -0.823. The molecule has 1 aromatic rings. The van der Waals surface area contributed by atoms with E-state index in [1.54, 1.807) is 6.21 Å². The second-order valence-electron chi connectivity index (χ2n) is 4.69. The zero-order chi connectivity index (χ0) is 11.1. The molecule has 0 radical (unpaired) electrons. The highest BCUT2D eigenvalue weighted by Crippen LogP contribution is 2.34. The van der Waals surface area contributed by atoms with Crippen LogP contribution in [0.15, 0.2) is 29.4 Å². The van der Waals surface area contributed by atoms with Crippen molar-refractivity contribution in [3.8, 4) is 0 Å². The smallest absolute Gasteiger partial charge is 0.140 e. The molecule has 0 spiro atoms. The Bertz CT molecular complexity index is 398. The zero-order valence-electron chi connectivity index (χ0n) is 9.36. The number of nitrogens with zero attached hydrogens (tertiary/aromatic N) is 1. The van der Waals surface area contributed by atoms with Crippen LogP contribution in [0.4, 0.5) is 5.69 Å². The average Bonchev–Trinajstić information content (AvgIpc) is 2.41. The number of likely N-dealkylation sites (N-methyl/N-ethyl adjacent to an activating group) is 1. The highest BCUT2D eigenvalue weighted by atomic mass is 16.4. The molecule has 1 heterocycles. The lowest BCUT2D eigenvalue weighted by atomic mass is 9.81. The van der Waals surface area contributed by atoms with Crippen molar-refractivity contribution >= 4 is 11.9 Å². The van der Waals surface area contributed by atoms with Crippen LogP contribution >= 0.6 is 0 Å². The standard InChI is InChI=1S/C12H16N2O/c1-12(2)9-6-4-5-7-10(9)14(3)11(12)8-13-15/h4-8,11,15H,1-3H3/p+1. The van der Waals surface area contributed by atoms with Gasteiger partial charge in [0.05, 0.1) is 12.5 Å². The molecule has 2 unspecified atom stereocenters. The lowest BCUT2D eigenvalue weighted by Gasteiger charge is -2.23. The van der Waals surface area contributed by atoms with Crippen molar-refractivity contribution < 1.29 is 10.1 Å². The molecule has 2 rings (SSSR count). The van der Waals surface area contributed by atoms with Crippen molar-refractivity contribution in [1.82, 2.24) is 0 Å². The largest absolute Gasteiger partial charge is 0.411 e. The van der Waals surface area contributed by atoms with Crippen LogP contribution < -0.4 is 4.90 Å². The minimum Gasteiger partial charge on any atom is -0.411 e. The van der Waals surface area contributed by atoms with E-state index in [4.69, 9.17) is 5.21 Å². The summed E-state index contributed by atoms with van der Waals surface area (Å²) in [6, 6.07) is 8.60. The second kappa shape index (κ2) is 3.35. The molecule has 0 bridgehead atoms. The number of fused-ring (bicyclic) bond motifs is 1. The first-order valence-electron chi connectivity index (χ1n) is 5.20. The molecule has 0 saturated heterocycles. The Kier molecular flexibility index (Phi) is 2.27. The van der Waals surface area contributed by atoms with E-state index in [1.165, 1.54) is 16.2 Å².